The zero-order chi connectivity index (χ0) is 7.98. The van der Waals surface area contributed by atoms with Crippen molar-refractivity contribution in [1.29, 1.82) is 10.5 Å². The fourth-order valence-electron chi connectivity index (χ4n) is 0.224. The Hall–Kier alpha value is -1.82. The average molecular weight is 142 g/mol. The van der Waals surface area contributed by atoms with Crippen LogP contribution >= 0.6 is 0 Å². The van der Waals surface area contributed by atoms with Gasteiger partial charge in [-0.1, -0.05) is 19.4 Å². The van der Waals surface area contributed by atoms with E-state index in [1.165, 1.54) is 0 Å². The summed E-state index contributed by atoms with van der Waals surface area (Å²) in [6.45, 7) is 0. The van der Waals surface area contributed by atoms with Gasteiger partial charge in [0.15, 0.2) is 0 Å². The molecule has 0 saturated heterocycles. The van der Waals surface area contributed by atoms with Crippen LogP contribution < -0.4 is 0 Å². The molecule has 0 N–H and O–H groups in total. The van der Waals surface area contributed by atoms with Gasteiger partial charge in [-0.3, -0.25) is 0 Å². The quantitative estimate of drug-likeness (QED) is 0.505. The Morgan fingerprint density at radius 1 is 1.00 bits per heavy atom. The van der Waals surface area contributed by atoms with Gasteiger partial charge in [0.2, 0.25) is 11.4 Å². The molecule has 0 aliphatic carbocycles. The fourth-order valence-corrected chi connectivity index (χ4v) is 0.224. The van der Waals surface area contributed by atoms with Crippen molar-refractivity contribution in [3.8, 4) is 12.1 Å². The van der Waals surface area contributed by atoms with Crippen molar-refractivity contribution in [2.24, 2.45) is 10.4 Å². The second-order valence-corrected chi connectivity index (χ2v) is 1.09. The van der Waals surface area contributed by atoms with Gasteiger partial charge in [0.05, 0.1) is 0 Å². The zero-order valence-corrected chi connectivity index (χ0v) is 4.54. The molecule has 0 rings (SSSR count). The van der Waals surface area contributed by atoms with Crippen LogP contribution in [0.3, 0.4) is 0 Å². The van der Waals surface area contributed by atoms with E-state index in [9.17, 15) is 8.96 Å². The maximum atomic E-state index is 11.2. The Labute approximate surface area is 54.6 Å². The minimum absolute atomic E-state index is 0.968. The fraction of sp³-hybridized carbons (Fsp3) is 0. The molecule has 0 saturated carbocycles. The molecule has 0 aromatic heterocycles. The molecule has 0 unspecified atom stereocenters. The van der Waals surface area contributed by atoms with Gasteiger partial charge in [-0.2, -0.15) is 10.5 Å². The van der Waals surface area contributed by atoms with Crippen LogP contribution in [0, 0.1) is 22.7 Å². The summed E-state index contributed by atoms with van der Waals surface area (Å²) in [6.07, 6.45) is 0. The van der Waals surface area contributed by atoms with E-state index >= 15 is 0 Å². The van der Waals surface area contributed by atoms with E-state index in [2.05, 4.69) is 0 Å². The molecule has 0 aliphatic rings. The largest absolute Gasteiger partial charge is 0.212 e. The van der Waals surface area contributed by atoms with E-state index in [1.54, 1.807) is 0 Å². The lowest BCUT2D eigenvalue weighted by Gasteiger charge is -1.80. The van der Waals surface area contributed by atoms with Crippen LogP contribution in [0.4, 0.5) is 8.96 Å². The van der Waals surface area contributed by atoms with Crippen LogP contribution in [0.1, 0.15) is 0 Å². The van der Waals surface area contributed by atoms with Crippen LogP contribution in [0.5, 0.6) is 0 Å². The number of hydrogen-bond donors (Lipinski definition) is 0. The molecule has 0 bridgehead atoms. The molecule has 0 aliphatic heterocycles. The van der Waals surface area contributed by atoms with Gasteiger partial charge in [0.25, 0.3) is 0 Å². The van der Waals surface area contributed by atoms with Gasteiger partial charge in [-0.25, -0.2) is 0 Å². The van der Waals surface area contributed by atoms with E-state index < -0.39 is 11.4 Å². The summed E-state index contributed by atoms with van der Waals surface area (Å²) >= 11 is 0. The highest BCUT2D eigenvalue weighted by Crippen LogP contribution is 1.85. The molecule has 6 heteroatoms. The predicted molar refractivity (Wildman–Crippen MR) is 28.3 cm³/mol. The standard InChI is InChI=1S/C4F2N4/c5-9-3(1-7)4(2-8)10-6. The number of rotatable bonds is 1. The number of nitriles is 2. The molecule has 0 aromatic rings. The van der Waals surface area contributed by atoms with Crippen molar-refractivity contribution in [2.75, 3.05) is 0 Å². The predicted octanol–water partition coefficient (Wildman–Crippen LogP) is 0.685. The summed E-state index contributed by atoms with van der Waals surface area (Å²) in [5, 5.41) is 19.5. The first kappa shape index (κ1) is 8.18. The minimum Gasteiger partial charge on any atom is -0.191 e. The van der Waals surface area contributed by atoms with Gasteiger partial charge < -0.3 is 0 Å². The van der Waals surface area contributed by atoms with Gasteiger partial charge in [-0.05, 0) is 0 Å². The Morgan fingerprint density at radius 3 is 1.40 bits per heavy atom. The van der Waals surface area contributed by atoms with Crippen molar-refractivity contribution in [3.05, 3.63) is 0 Å². The smallest absolute Gasteiger partial charge is 0.191 e. The summed E-state index contributed by atoms with van der Waals surface area (Å²) in [5.41, 5.74) is -1.94. The number of hydrogen-bond acceptors (Lipinski definition) is 4. The molecule has 0 atom stereocenters. The van der Waals surface area contributed by atoms with E-state index in [0.29, 0.717) is 0 Å². The van der Waals surface area contributed by atoms with Crippen molar-refractivity contribution in [3.63, 3.8) is 0 Å². The van der Waals surface area contributed by atoms with E-state index in [1.807, 2.05) is 10.4 Å². The highest BCUT2D eigenvalue weighted by Gasteiger charge is 2.07. The molecular formula is C4F2N4. The normalized spacial score (nSPS) is 12.0. The van der Waals surface area contributed by atoms with Crippen LogP contribution in [-0.4, -0.2) is 11.4 Å². The third-order valence-electron chi connectivity index (χ3n) is 0.605. The second-order valence-electron chi connectivity index (χ2n) is 1.09. The Bertz CT molecular complexity index is 225. The molecule has 10 heavy (non-hydrogen) atoms. The summed E-state index contributed by atoms with van der Waals surface area (Å²) in [6, 6.07) is 2.27. The minimum atomic E-state index is -0.968. The molecule has 0 heterocycles. The Balaban J connectivity index is 4.70. The summed E-state index contributed by atoms with van der Waals surface area (Å²) in [7, 11) is 0. The van der Waals surface area contributed by atoms with Gasteiger partial charge in [-0.15, -0.1) is 0 Å². The lowest BCUT2D eigenvalue weighted by atomic mass is 10.3. The van der Waals surface area contributed by atoms with E-state index in [4.69, 9.17) is 10.5 Å². The van der Waals surface area contributed by atoms with Crippen molar-refractivity contribution >= 4 is 11.4 Å². The third-order valence-corrected chi connectivity index (χ3v) is 0.605. The molecule has 0 aromatic carbocycles. The highest BCUT2D eigenvalue weighted by atomic mass is 19.2. The molecule has 0 spiro atoms. The second kappa shape index (κ2) is 4.10. The van der Waals surface area contributed by atoms with Crippen molar-refractivity contribution in [2.45, 2.75) is 0 Å². The van der Waals surface area contributed by atoms with Gasteiger partial charge in [0, 0.05) is 0 Å². The van der Waals surface area contributed by atoms with E-state index in [-0.39, 0.29) is 0 Å². The maximum absolute atomic E-state index is 11.2. The molecular weight excluding hydrogens is 142 g/mol. The SMILES string of the molecule is N#CC(=NF)C(C#N)=NF. The van der Waals surface area contributed by atoms with Crippen LogP contribution in [-0.2, 0) is 0 Å². The lowest BCUT2D eigenvalue weighted by Crippen LogP contribution is -2.07. The number of halogens is 2. The first-order valence-corrected chi connectivity index (χ1v) is 1.98. The highest BCUT2D eigenvalue weighted by molar-refractivity contribution is 6.53. The molecule has 0 fully saturated rings. The lowest BCUT2D eigenvalue weighted by molar-refractivity contribution is 0.532. The molecule has 4 nitrogen and oxygen atoms in total. The monoisotopic (exact) mass is 142 g/mol. The van der Waals surface area contributed by atoms with Crippen LogP contribution in [0.2, 0.25) is 0 Å². The first-order valence-electron chi connectivity index (χ1n) is 1.98. The zero-order valence-electron chi connectivity index (χ0n) is 4.54. The average Bonchev–Trinajstić information content (AvgIpc) is 2.00. The third kappa shape index (κ3) is 1.60. The van der Waals surface area contributed by atoms with Crippen molar-refractivity contribution < 1.29 is 8.96 Å². The van der Waals surface area contributed by atoms with Gasteiger partial charge >= 0.3 is 0 Å². The van der Waals surface area contributed by atoms with Crippen LogP contribution in [0.25, 0.3) is 0 Å². The first-order chi connectivity index (χ1) is 4.79. The Morgan fingerprint density at radius 2 is 1.30 bits per heavy atom. The topological polar surface area (TPSA) is 72.3 Å². The van der Waals surface area contributed by atoms with Crippen molar-refractivity contribution in [1.82, 2.24) is 0 Å². The maximum Gasteiger partial charge on any atom is 0.212 e. The molecule has 50 valence electrons. The van der Waals surface area contributed by atoms with Crippen LogP contribution in [0.15, 0.2) is 10.4 Å². The summed E-state index contributed by atoms with van der Waals surface area (Å²) in [5.74, 6) is 0. The summed E-state index contributed by atoms with van der Waals surface area (Å²) < 4.78 is 22.5. The van der Waals surface area contributed by atoms with Gasteiger partial charge in [0.1, 0.15) is 12.1 Å². The molecule has 0 amide bonds. The number of nitrogens with zero attached hydrogens (tertiary/aromatic N) is 4. The Kier molecular flexibility index (Phi) is 3.35. The van der Waals surface area contributed by atoms with E-state index in [0.717, 1.165) is 12.1 Å². The molecule has 0 radical (unpaired) electrons. The summed E-state index contributed by atoms with van der Waals surface area (Å²) in [4.78, 5) is 0.